The average molecular weight is 466 g/mol. The lowest BCUT2D eigenvalue weighted by Crippen LogP contribution is -2.37. The largest absolute Gasteiger partial charge is 0.352 e. The molecule has 2 N–H and O–H groups in total. The molecule has 2 amide bonds. The predicted octanol–water partition coefficient (Wildman–Crippen LogP) is 4.43. The van der Waals surface area contributed by atoms with Gasteiger partial charge in [-0.15, -0.1) is 0 Å². The summed E-state index contributed by atoms with van der Waals surface area (Å²) in [5.74, 6) is -0.781. The third-order valence-electron chi connectivity index (χ3n) is 5.09. The van der Waals surface area contributed by atoms with E-state index in [9.17, 15) is 14.4 Å². The number of amides is 2. The zero-order chi connectivity index (χ0) is 24.0. The van der Waals surface area contributed by atoms with Crippen molar-refractivity contribution in [2.24, 2.45) is 5.92 Å². The Kier molecular flexibility index (Phi) is 8.06. The number of pyridine rings is 1. The van der Waals surface area contributed by atoms with Crippen molar-refractivity contribution < 1.29 is 9.59 Å². The monoisotopic (exact) mass is 465 g/mol. The maximum atomic E-state index is 13.4. The number of rotatable bonds is 8. The second-order valence-electron chi connectivity index (χ2n) is 8.23. The van der Waals surface area contributed by atoms with Gasteiger partial charge in [0.1, 0.15) is 11.1 Å². The zero-order valence-corrected chi connectivity index (χ0v) is 19.7. The minimum Gasteiger partial charge on any atom is -0.352 e. The maximum absolute atomic E-state index is 13.4. The van der Waals surface area contributed by atoms with E-state index in [1.54, 1.807) is 23.6 Å². The molecule has 172 valence electrons. The molecule has 0 spiro atoms. The smallest absolute Gasteiger partial charge is 0.257 e. The van der Waals surface area contributed by atoms with Gasteiger partial charge < -0.3 is 15.2 Å². The van der Waals surface area contributed by atoms with Crippen molar-refractivity contribution in [3.05, 3.63) is 104 Å². The molecule has 0 saturated carbocycles. The first-order valence-corrected chi connectivity index (χ1v) is 11.3. The summed E-state index contributed by atoms with van der Waals surface area (Å²) < 4.78 is 1.73. The molecular formula is C26H28ClN3O3. The van der Waals surface area contributed by atoms with Gasteiger partial charge in [-0.25, -0.2) is 0 Å². The van der Waals surface area contributed by atoms with Crippen LogP contribution in [0.3, 0.4) is 0 Å². The van der Waals surface area contributed by atoms with Crippen molar-refractivity contribution in [2.75, 3.05) is 6.54 Å². The molecule has 1 atom stereocenters. The number of benzene rings is 2. The lowest BCUT2D eigenvalue weighted by molar-refractivity contribution is 0.0940. The molecule has 0 bridgehead atoms. The fraction of sp³-hybridized carbons (Fsp3) is 0.269. The molecule has 33 heavy (non-hydrogen) atoms. The SMILES string of the molecule is CCNC(=O)c1cn(CC(C)C)cc(C(=O)NC(c2ccccc2)c2ccc(Cl)cc2)c1=O. The number of carbonyl (C=O) groups is 2. The Bertz CT molecular complexity index is 1170. The number of carbonyl (C=O) groups excluding carboxylic acids is 2. The minimum atomic E-state index is -0.596. The van der Waals surface area contributed by atoms with Crippen molar-refractivity contribution in [3.8, 4) is 0 Å². The third kappa shape index (κ3) is 6.11. The van der Waals surface area contributed by atoms with Crippen LogP contribution in [0.2, 0.25) is 5.02 Å². The number of nitrogens with one attached hydrogen (secondary N) is 2. The molecule has 6 nitrogen and oxygen atoms in total. The fourth-order valence-electron chi connectivity index (χ4n) is 3.61. The standard InChI is InChI=1S/C26H28ClN3O3/c1-4-28-25(32)21-15-30(14-17(2)3)16-22(24(21)31)26(33)29-23(18-8-6-5-7-9-18)19-10-12-20(27)13-11-19/h5-13,15-17,23H,4,14H2,1-3H3,(H,28,32)(H,29,33). The minimum absolute atomic E-state index is 0.0482. The molecule has 0 fully saturated rings. The van der Waals surface area contributed by atoms with Crippen LogP contribution in [-0.2, 0) is 6.54 Å². The Hall–Kier alpha value is -3.38. The Morgan fingerprint density at radius 2 is 1.48 bits per heavy atom. The summed E-state index contributed by atoms with van der Waals surface area (Å²) >= 11 is 6.05. The second kappa shape index (κ2) is 11.0. The topological polar surface area (TPSA) is 80.2 Å². The molecule has 0 aliphatic carbocycles. The summed E-state index contributed by atoms with van der Waals surface area (Å²) in [6, 6.07) is 16.2. The van der Waals surface area contributed by atoms with Gasteiger partial charge in [-0.3, -0.25) is 14.4 Å². The fourth-order valence-corrected chi connectivity index (χ4v) is 3.73. The first-order valence-electron chi connectivity index (χ1n) is 10.9. The van der Waals surface area contributed by atoms with Gasteiger partial charge in [0.05, 0.1) is 6.04 Å². The number of halogens is 1. The zero-order valence-electron chi connectivity index (χ0n) is 19.0. The molecule has 0 aliphatic heterocycles. The van der Waals surface area contributed by atoms with Crippen molar-refractivity contribution >= 4 is 23.4 Å². The summed E-state index contributed by atoms with van der Waals surface area (Å²) in [5, 5.41) is 6.21. The summed E-state index contributed by atoms with van der Waals surface area (Å²) in [5.41, 5.74) is 0.959. The van der Waals surface area contributed by atoms with E-state index < -0.39 is 23.3 Å². The van der Waals surface area contributed by atoms with E-state index in [2.05, 4.69) is 10.6 Å². The first-order chi connectivity index (χ1) is 15.8. The quantitative estimate of drug-likeness (QED) is 0.516. The summed E-state index contributed by atoms with van der Waals surface area (Å²) in [7, 11) is 0. The van der Waals surface area contributed by atoms with Gasteiger partial charge >= 0.3 is 0 Å². The van der Waals surface area contributed by atoms with Crippen molar-refractivity contribution in [2.45, 2.75) is 33.4 Å². The highest BCUT2D eigenvalue weighted by atomic mass is 35.5. The van der Waals surface area contributed by atoms with Crippen molar-refractivity contribution in [3.63, 3.8) is 0 Å². The van der Waals surface area contributed by atoms with E-state index in [1.807, 2.05) is 56.3 Å². The van der Waals surface area contributed by atoms with Crippen LogP contribution < -0.4 is 16.1 Å². The first kappa shape index (κ1) is 24.3. The van der Waals surface area contributed by atoms with Crippen LogP contribution in [0.5, 0.6) is 0 Å². The van der Waals surface area contributed by atoms with Crippen LogP contribution in [0, 0.1) is 5.92 Å². The second-order valence-corrected chi connectivity index (χ2v) is 8.67. The number of hydrogen-bond acceptors (Lipinski definition) is 3. The van der Waals surface area contributed by atoms with Gasteiger partial charge in [0, 0.05) is 30.5 Å². The van der Waals surface area contributed by atoms with E-state index in [1.165, 1.54) is 12.4 Å². The summed E-state index contributed by atoms with van der Waals surface area (Å²) in [6.07, 6.45) is 3.03. The predicted molar refractivity (Wildman–Crippen MR) is 131 cm³/mol. The molecule has 7 heteroatoms. The highest BCUT2D eigenvalue weighted by molar-refractivity contribution is 6.30. The van der Waals surface area contributed by atoms with Crippen LogP contribution in [0.4, 0.5) is 0 Å². The third-order valence-corrected chi connectivity index (χ3v) is 5.35. The average Bonchev–Trinajstić information content (AvgIpc) is 2.79. The van der Waals surface area contributed by atoms with Crippen LogP contribution >= 0.6 is 11.6 Å². The van der Waals surface area contributed by atoms with Gasteiger partial charge in [0.25, 0.3) is 11.8 Å². The van der Waals surface area contributed by atoms with Gasteiger partial charge in [0.2, 0.25) is 5.43 Å². The van der Waals surface area contributed by atoms with E-state index in [0.29, 0.717) is 18.1 Å². The van der Waals surface area contributed by atoms with Gasteiger partial charge in [-0.05, 0) is 36.1 Å². The van der Waals surface area contributed by atoms with Crippen LogP contribution in [-0.4, -0.2) is 22.9 Å². The molecule has 3 rings (SSSR count). The van der Waals surface area contributed by atoms with E-state index in [-0.39, 0.29) is 17.0 Å². The Labute approximate surface area is 198 Å². The summed E-state index contributed by atoms with van der Waals surface area (Å²) in [6.45, 7) is 6.76. The molecule has 1 aromatic heterocycles. The molecule has 0 aliphatic rings. The van der Waals surface area contributed by atoms with E-state index in [4.69, 9.17) is 11.6 Å². The molecule has 1 heterocycles. The molecule has 0 radical (unpaired) electrons. The molecule has 1 unspecified atom stereocenters. The van der Waals surface area contributed by atoms with E-state index in [0.717, 1.165) is 11.1 Å². The number of hydrogen-bond donors (Lipinski definition) is 2. The highest BCUT2D eigenvalue weighted by Gasteiger charge is 2.23. The van der Waals surface area contributed by atoms with Gasteiger partial charge in [0.15, 0.2) is 0 Å². The van der Waals surface area contributed by atoms with Gasteiger partial charge in [-0.1, -0.05) is 67.9 Å². The van der Waals surface area contributed by atoms with Crippen molar-refractivity contribution in [1.82, 2.24) is 15.2 Å². The Balaban J connectivity index is 2.04. The molecule has 0 saturated heterocycles. The Morgan fingerprint density at radius 3 is 2.06 bits per heavy atom. The number of aromatic nitrogens is 1. The molecular weight excluding hydrogens is 438 g/mol. The Morgan fingerprint density at radius 1 is 0.909 bits per heavy atom. The highest BCUT2D eigenvalue weighted by Crippen LogP contribution is 2.24. The van der Waals surface area contributed by atoms with E-state index >= 15 is 0 Å². The molecule has 3 aromatic rings. The van der Waals surface area contributed by atoms with Crippen LogP contribution in [0.15, 0.2) is 71.8 Å². The van der Waals surface area contributed by atoms with Crippen molar-refractivity contribution in [1.29, 1.82) is 0 Å². The lowest BCUT2D eigenvalue weighted by atomic mass is 9.98. The molecule has 2 aromatic carbocycles. The normalized spacial score (nSPS) is 11.8. The van der Waals surface area contributed by atoms with Crippen LogP contribution in [0.25, 0.3) is 0 Å². The lowest BCUT2D eigenvalue weighted by Gasteiger charge is -2.21. The van der Waals surface area contributed by atoms with Gasteiger partial charge in [-0.2, -0.15) is 0 Å². The summed E-state index contributed by atoms with van der Waals surface area (Å²) in [4.78, 5) is 39.0. The number of nitrogens with zero attached hydrogens (tertiary/aromatic N) is 1. The maximum Gasteiger partial charge on any atom is 0.257 e. The van der Waals surface area contributed by atoms with Crippen LogP contribution in [0.1, 0.15) is 58.7 Å².